The topological polar surface area (TPSA) is 35.6 Å². The molecule has 0 saturated carbocycles. The molecule has 0 amide bonds. The number of nitrogens with zero attached hydrogens (tertiary/aromatic N) is 4. The molecule has 0 bridgehead atoms. The minimum Gasteiger partial charge on any atom is -0.309 e. The van der Waals surface area contributed by atoms with Gasteiger partial charge in [0.05, 0.1) is 22.1 Å². The summed E-state index contributed by atoms with van der Waals surface area (Å²) in [5.41, 5.74) is 7.82. The molecule has 196 valence electrons. The zero-order valence-electron chi connectivity index (χ0n) is 22.6. The quantitative estimate of drug-likeness (QED) is 0.225. The van der Waals surface area contributed by atoms with E-state index in [4.69, 9.17) is 9.97 Å². The molecule has 0 atom stereocenters. The molecule has 0 aliphatic rings. The van der Waals surface area contributed by atoms with Crippen molar-refractivity contribution in [2.75, 3.05) is 0 Å². The lowest BCUT2D eigenvalue weighted by atomic mass is 9.99. The van der Waals surface area contributed by atoms with Crippen LogP contribution in [-0.2, 0) is 0 Å². The maximum Gasteiger partial charge on any atom is 0.234 e. The van der Waals surface area contributed by atoms with Gasteiger partial charge in [-0.15, -0.1) is 0 Å². The van der Waals surface area contributed by atoms with Gasteiger partial charge in [0.25, 0.3) is 0 Å². The van der Waals surface area contributed by atoms with E-state index in [1.807, 2.05) is 30.6 Å². The van der Waals surface area contributed by atoms with Crippen molar-refractivity contribution < 1.29 is 0 Å². The first-order valence-corrected chi connectivity index (χ1v) is 14.2. The average molecular weight is 537 g/mol. The number of para-hydroxylation sites is 3. The Bertz CT molecular complexity index is 2430. The van der Waals surface area contributed by atoms with E-state index in [2.05, 4.69) is 124 Å². The maximum atomic E-state index is 4.97. The van der Waals surface area contributed by atoms with Gasteiger partial charge >= 0.3 is 0 Å². The van der Waals surface area contributed by atoms with Gasteiger partial charge in [0.1, 0.15) is 0 Å². The molecule has 4 heteroatoms. The predicted molar refractivity (Wildman–Crippen MR) is 174 cm³/mol. The number of rotatable bonds is 3. The largest absolute Gasteiger partial charge is 0.309 e. The fourth-order valence-corrected chi connectivity index (χ4v) is 6.66. The molecule has 0 unspecified atom stereocenters. The number of fused-ring (bicyclic) bond motifs is 10. The van der Waals surface area contributed by atoms with E-state index < -0.39 is 0 Å². The molecule has 9 aromatic rings. The Hall–Kier alpha value is -5.74. The fraction of sp³-hybridized carbons (Fsp3) is 0. The van der Waals surface area contributed by atoms with Crippen molar-refractivity contribution in [2.24, 2.45) is 0 Å². The van der Waals surface area contributed by atoms with Gasteiger partial charge in [-0.1, -0.05) is 109 Å². The van der Waals surface area contributed by atoms with E-state index in [1.165, 1.54) is 43.4 Å². The first-order valence-electron chi connectivity index (χ1n) is 14.2. The van der Waals surface area contributed by atoms with Crippen LogP contribution in [0.1, 0.15) is 0 Å². The molecule has 0 fully saturated rings. The van der Waals surface area contributed by atoms with Crippen molar-refractivity contribution in [1.82, 2.24) is 19.1 Å². The third-order valence-corrected chi connectivity index (χ3v) is 8.40. The Kier molecular flexibility index (Phi) is 4.87. The van der Waals surface area contributed by atoms with Crippen molar-refractivity contribution in [1.29, 1.82) is 0 Å². The van der Waals surface area contributed by atoms with E-state index in [-0.39, 0.29) is 0 Å². The van der Waals surface area contributed by atoms with Crippen LogP contribution in [0.2, 0.25) is 0 Å². The van der Waals surface area contributed by atoms with E-state index in [0.717, 1.165) is 27.8 Å². The highest BCUT2D eigenvalue weighted by Crippen LogP contribution is 2.46. The van der Waals surface area contributed by atoms with Gasteiger partial charge < -0.3 is 4.57 Å². The average Bonchev–Trinajstić information content (AvgIpc) is 3.60. The maximum absolute atomic E-state index is 4.97. The van der Waals surface area contributed by atoms with Crippen molar-refractivity contribution in [3.63, 3.8) is 0 Å². The molecular weight excluding hydrogens is 512 g/mol. The second-order valence-electron chi connectivity index (χ2n) is 10.7. The Labute approximate surface area is 241 Å². The molecule has 0 aliphatic carbocycles. The van der Waals surface area contributed by atoms with Crippen LogP contribution in [0.15, 0.2) is 146 Å². The smallest absolute Gasteiger partial charge is 0.234 e. The van der Waals surface area contributed by atoms with Gasteiger partial charge in [0, 0.05) is 50.6 Å². The predicted octanol–water partition coefficient (Wildman–Crippen LogP) is 9.49. The normalized spacial score (nSPS) is 11.8. The van der Waals surface area contributed by atoms with E-state index in [9.17, 15) is 0 Å². The van der Waals surface area contributed by atoms with Gasteiger partial charge in [0.2, 0.25) is 5.95 Å². The highest BCUT2D eigenvalue weighted by molar-refractivity contribution is 6.36. The minimum atomic E-state index is 0.661. The van der Waals surface area contributed by atoms with Crippen molar-refractivity contribution in [3.05, 3.63) is 146 Å². The molecule has 0 saturated heterocycles. The summed E-state index contributed by atoms with van der Waals surface area (Å²) in [6, 6.07) is 47.1. The second-order valence-corrected chi connectivity index (χ2v) is 10.7. The Morgan fingerprint density at radius 3 is 1.60 bits per heavy atom. The molecule has 3 aromatic heterocycles. The number of benzene rings is 6. The van der Waals surface area contributed by atoms with Crippen molar-refractivity contribution in [3.8, 4) is 22.8 Å². The number of hydrogen-bond donors (Lipinski definition) is 0. The molecule has 6 aromatic carbocycles. The molecule has 4 nitrogen and oxygen atoms in total. The molecule has 0 radical (unpaired) electrons. The molecule has 3 heterocycles. The van der Waals surface area contributed by atoms with E-state index >= 15 is 0 Å². The summed E-state index contributed by atoms with van der Waals surface area (Å²) in [4.78, 5) is 9.95. The summed E-state index contributed by atoms with van der Waals surface area (Å²) in [6.45, 7) is 0. The van der Waals surface area contributed by atoms with Crippen LogP contribution in [0.25, 0.3) is 77.1 Å². The Morgan fingerprint density at radius 2 is 0.905 bits per heavy atom. The number of aromatic nitrogens is 4. The van der Waals surface area contributed by atoms with E-state index in [1.54, 1.807) is 0 Å². The third-order valence-electron chi connectivity index (χ3n) is 8.40. The van der Waals surface area contributed by atoms with Crippen LogP contribution in [0.5, 0.6) is 0 Å². The Morgan fingerprint density at radius 1 is 0.381 bits per heavy atom. The fourth-order valence-electron chi connectivity index (χ4n) is 6.66. The van der Waals surface area contributed by atoms with Crippen molar-refractivity contribution >= 4 is 54.4 Å². The lowest BCUT2D eigenvalue weighted by molar-refractivity contribution is 0.993. The highest BCUT2D eigenvalue weighted by Gasteiger charge is 2.24. The SMILES string of the molecule is c1ccc(-c2cnc(-n3c4ccccc4c4c5ccccc5c5c(c6ccccc6n5-c5ccccc5)c43)nc2)cc1. The minimum absolute atomic E-state index is 0.661. The van der Waals surface area contributed by atoms with Gasteiger partial charge in [0.15, 0.2) is 0 Å². The van der Waals surface area contributed by atoms with Gasteiger partial charge in [-0.2, -0.15) is 0 Å². The summed E-state index contributed by atoms with van der Waals surface area (Å²) in [5.74, 6) is 0.661. The van der Waals surface area contributed by atoms with Crippen LogP contribution in [0.3, 0.4) is 0 Å². The van der Waals surface area contributed by atoms with Crippen LogP contribution in [-0.4, -0.2) is 19.1 Å². The van der Waals surface area contributed by atoms with Crippen LogP contribution < -0.4 is 0 Å². The second kappa shape index (κ2) is 8.88. The molecule has 42 heavy (non-hydrogen) atoms. The molecule has 0 spiro atoms. The van der Waals surface area contributed by atoms with Gasteiger partial charge in [-0.05, 0) is 35.2 Å². The first-order chi connectivity index (χ1) is 20.9. The molecule has 9 rings (SSSR count). The standard InChI is InChI=1S/C38H24N4/c1-3-13-25(14-4-1)26-23-39-38(40-24-26)42-33-22-12-9-19-30(33)34-28-17-7-8-18-29(28)36-35(37(34)42)31-20-10-11-21-32(31)41(36)27-15-5-2-6-16-27/h1-24H. The molecule has 0 N–H and O–H groups in total. The van der Waals surface area contributed by atoms with Crippen LogP contribution in [0.4, 0.5) is 0 Å². The highest BCUT2D eigenvalue weighted by atomic mass is 15.2. The van der Waals surface area contributed by atoms with Crippen molar-refractivity contribution in [2.45, 2.75) is 0 Å². The molecular formula is C38H24N4. The van der Waals surface area contributed by atoms with Gasteiger partial charge in [-0.25, -0.2) is 9.97 Å². The third kappa shape index (κ3) is 3.17. The molecule has 0 aliphatic heterocycles. The van der Waals surface area contributed by atoms with Crippen LogP contribution >= 0.6 is 0 Å². The Balaban J connectivity index is 1.51. The summed E-state index contributed by atoms with van der Waals surface area (Å²) in [7, 11) is 0. The summed E-state index contributed by atoms with van der Waals surface area (Å²) in [5, 5.41) is 7.27. The number of hydrogen-bond acceptors (Lipinski definition) is 2. The monoisotopic (exact) mass is 536 g/mol. The van der Waals surface area contributed by atoms with Crippen LogP contribution in [0, 0.1) is 0 Å². The summed E-state index contributed by atoms with van der Waals surface area (Å²) in [6.07, 6.45) is 3.87. The zero-order chi connectivity index (χ0) is 27.6. The lowest BCUT2D eigenvalue weighted by Gasteiger charge is -2.12. The summed E-state index contributed by atoms with van der Waals surface area (Å²) >= 11 is 0. The summed E-state index contributed by atoms with van der Waals surface area (Å²) < 4.78 is 4.67. The zero-order valence-corrected chi connectivity index (χ0v) is 22.6. The van der Waals surface area contributed by atoms with Gasteiger partial charge in [-0.3, -0.25) is 4.57 Å². The lowest BCUT2D eigenvalue weighted by Crippen LogP contribution is -2.01. The van der Waals surface area contributed by atoms with E-state index in [0.29, 0.717) is 5.95 Å². The first kappa shape index (κ1) is 23.0.